The van der Waals surface area contributed by atoms with Crippen molar-refractivity contribution in [2.24, 2.45) is 0 Å². The summed E-state index contributed by atoms with van der Waals surface area (Å²) >= 11 is 0. The average molecular weight is 467 g/mol. The fourth-order valence-electron chi connectivity index (χ4n) is 4.44. The molecule has 0 amide bonds. The van der Waals surface area contributed by atoms with E-state index in [1.165, 1.54) is 5.56 Å². The molecule has 7 nitrogen and oxygen atoms in total. The molecule has 1 aliphatic rings. The Morgan fingerprint density at radius 1 is 1.24 bits per heavy atom. The summed E-state index contributed by atoms with van der Waals surface area (Å²) < 4.78 is 18.9. The van der Waals surface area contributed by atoms with Gasteiger partial charge in [0.05, 0.1) is 23.8 Å². The predicted molar refractivity (Wildman–Crippen MR) is 132 cm³/mol. The van der Waals surface area contributed by atoms with E-state index in [4.69, 9.17) is 14.2 Å². The first-order valence-corrected chi connectivity index (χ1v) is 12.0. The number of nitrogens with zero attached hydrogens (tertiary/aromatic N) is 1. The van der Waals surface area contributed by atoms with E-state index in [0.29, 0.717) is 24.5 Å². The third-order valence-corrected chi connectivity index (χ3v) is 6.17. The van der Waals surface area contributed by atoms with Crippen LogP contribution in [0.5, 0.6) is 5.75 Å². The summed E-state index contributed by atoms with van der Waals surface area (Å²) in [5, 5.41) is 14.3. The van der Waals surface area contributed by atoms with E-state index in [1.807, 2.05) is 44.2 Å². The number of aliphatic hydroxyl groups excluding tert-OH is 1. The maximum Gasteiger partial charge on any atom is 0.340 e. The highest BCUT2D eigenvalue weighted by Crippen LogP contribution is 2.32. The van der Waals surface area contributed by atoms with Crippen LogP contribution in [0.1, 0.15) is 41.4 Å². The van der Waals surface area contributed by atoms with E-state index in [0.717, 1.165) is 48.3 Å². The number of benzene rings is 2. The number of fused-ring (bicyclic) bond motifs is 1. The van der Waals surface area contributed by atoms with Gasteiger partial charge in [-0.1, -0.05) is 17.7 Å². The van der Waals surface area contributed by atoms with E-state index < -0.39 is 6.10 Å². The molecule has 1 aromatic heterocycles. The monoisotopic (exact) mass is 466 g/mol. The smallest absolute Gasteiger partial charge is 0.340 e. The summed E-state index contributed by atoms with van der Waals surface area (Å²) in [7, 11) is 0. The minimum absolute atomic E-state index is 0.149. The lowest BCUT2D eigenvalue weighted by Gasteiger charge is -2.15. The normalized spacial score (nSPS) is 16.6. The van der Waals surface area contributed by atoms with Crippen LogP contribution in [0.3, 0.4) is 0 Å². The number of ether oxygens (including phenoxy) is 3. The van der Waals surface area contributed by atoms with Crippen molar-refractivity contribution in [1.29, 1.82) is 0 Å². The van der Waals surface area contributed by atoms with Crippen LogP contribution in [0, 0.1) is 13.8 Å². The minimum Gasteiger partial charge on any atom is -0.491 e. The lowest BCUT2D eigenvalue weighted by molar-refractivity contribution is 0.0527. The van der Waals surface area contributed by atoms with Gasteiger partial charge < -0.3 is 29.2 Å². The molecule has 34 heavy (non-hydrogen) atoms. The first-order valence-electron chi connectivity index (χ1n) is 12.0. The van der Waals surface area contributed by atoms with E-state index in [-0.39, 0.29) is 18.7 Å². The highest BCUT2D eigenvalue weighted by molar-refractivity contribution is 6.07. The molecule has 0 radical (unpaired) electrons. The molecule has 3 aromatic rings. The van der Waals surface area contributed by atoms with Crippen molar-refractivity contribution in [2.45, 2.75) is 45.8 Å². The molecule has 0 bridgehead atoms. The topological polar surface area (TPSA) is 82.0 Å². The zero-order valence-electron chi connectivity index (χ0n) is 20.2. The van der Waals surface area contributed by atoms with Crippen molar-refractivity contribution >= 4 is 16.9 Å². The minimum atomic E-state index is -0.652. The molecule has 7 heteroatoms. The van der Waals surface area contributed by atoms with Crippen LogP contribution in [0.4, 0.5) is 0 Å². The Morgan fingerprint density at radius 3 is 2.74 bits per heavy atom. The zero-order valence-corrected chi connectivity index (χ0v) is 20.2. The van der Waals surface area contributed by atoms with Crippen molar-refractivity contribution in [2.75, 3.05) is 32.9 Å². The Kier molecular flexibility index (Phi) is 7.88. The van der Waals surface area contributed by atoms with Crippen molar-refractivity contribution < 1.29 is 24.1 Å². The van der Waals surface area contributed by atoms with Crippen molar-refractivity contribution in [3.63, 3.8) is 0 Å². The van der Waals surface area contributed by atoms with Gasteiger partial charge in [-0.2, -0.15) is 0 Å². The van der Waals surface area contributed by atoms with E-state index in [2.05, 4.69) is 22.0 Å². The standard InChI is InChI=1S/C27H34N2O5/c1-4-32-27(31)26-19(3)29(20-9-7-18(2)8-10-20)25-12-11-22(14-24(25)26)34-17-21(30)15-28-16-23-6-5-13-33-23/h7-12,14,21,23,28,30H,4-6,13,15-17H2,1-3H3/t21-,23+/m0/s1. The molecule has 2 heterocycles. The maximum absolute atomic E-state index is 12.8. The van der Waals surface area contributed by atoms with E-state index in [1.54, 1.807) is 6.92 Å². The van der Waals surface area contributed by atoms with Gasteiger partial charge in [0.25, 0.3) is 0 Å². The van der Waals surface area contributed by atoms with Gasteiger partial charge in [-0.3, -0.25) is 0 Å². The first-order chi connectivity index (χ1) is 16.5. The number of esters is 1. The molecule has 2 aromatic carbocycles. The van der Waals surface area contributed by atoms with Crippen LogP contribution in [-0.2, 0) is 9.47 Å². The van der Waals surface area contributed by atoms with Crippen LogP contribution in [-0.4, -0.2) is 60.8 Å². The van der Waals surface area contributed by atoms with Gasteiger partial charge in [0.2, 0.25) is 0 Å². The van der Waals surface area contributed by atoms with Gasteiger partial charge in [0, 0.05) is 36.5 Å². The number of carbonyl (C=O) groups is 1. The average Bonchev–Trinajstić information content (AvgIpc) is 3.43. The summed E-state index contributed by atoms with van der Waals surface area (Å²) in [5.41, 5.74) is 4.39. The number of carbonyl (C=O) groups excluding carboxylic acids is 1. The van der Waals surface area contributed by atoms with Crippen LogP contribution >= 0.6 is 0 Å². The largest absolute Gasteiger partial charge is 0.491 e. The second-order valence-electron chi connectivity index (χ2n) is 8.79. The van der Waals surface area contributed by atoms with Gasteiger partial charge in [-0.05, 0) is 63.9 Å². The number of nitrogens with one attached hydrogen (secondary N) is 1. The van der Waals surface area contributed by atoms with Crippen LogP contribution in [0.15, 0.2) is 42.5 Å². The highest BCUT2D eigenvalue weighted by atomic mass is 16.5. The number of hydrogen-bond acceptors (Lipinski definition) is 6. The van der Waals surface area contributed by atoms with Gasteiger partial charge >= 0.3 is 5.97 Å². The third-order valence-electron chi connectivity index (χ3n) is 6.17. The quantitative estimate of drug-likeness (QED) is 0.441. The number of aryl methyl sites for hydroxylation is 1. The second kappa shape index (κ2) is 11.0. The summed E-state index contributed by atoms with van der Waals surface area (Å²) in [5.74, 6) is 0.239. The van der Waals surface area contributed by atoms with Crippen molar-refractivity contribution in [1.82, 2.24) is 9.88 Å². The van der Waals surface area contributed by atoms with Gasteiger partial charge in [0.15, 0.2) is 0 Å². The number of aromatic nitrogens is 1. The third kappa shape index (κ3) is 5.43. The van der Waals surface area contributed by atoms with Gasteiger partial charge in [-0.25, -0.2) is 4.79 Å². The van der Waals surface area contributed by atoms with Crippen molar-refractivity contribution in [3.8, 4) is 11.4 Å². The Balaban J connectivity index is 1.53. The Hall–Kier alpha value is -2.87. The molecule has 1 fully saturated rings. The van der Waals surface area contributed by atoms with Crippen molar-refractivity contribution in [3.05, 3.63) is 59.3 Å². The summed E-state index contributed by atoms with van der Waals surface area (Å²) in [6.45, 7) is 8.21. The van der Waals surface area contributed by atoms with E-state index in [9.17, 15) is 9.90 Å². The number of aliphatic hydroxyl groups is 1. The molecule has 1 aliphatic heterocycles. The van der Waals surface area contributed by atoms with Crippen LogP contribution in [0.2, 0.25) is 0 Å². The number of hydrogen-bond donors (Lipinski definition) is 2. The van der Waals surface area contributed by atoms with Gasteiger partial charge in [-0.15, -0.1) is 0 Å². The maximum atomic E-state index is 12.8. The second-order valence-corrected chi connectivity index (χ2v) is 8.79. The summed E-state index contributed by atoms with van der Waals surface area (Å²) in [4.78, 5) is 12.8. The molecule has 0 saturated carbocycles. The molecular formula is C27H34N2O5. The van der Waals surface area contributed by atoms with Gasteiger partial charge in [0.1, 0.15) is 18.5 Å². The molecule has 2 N–H and O–H groups in total. The number of rotatable bonds is 10. The van der Waals surface area contributed by atoms with Crippen LogP contribution in [0.25, 0.3) is 16.6 Å². The lowest BCUT2D eigenvalue weighted by Crippen LogP contribution is -2.35. The highest BCUT2D eigenvalue weighted by Gasteiger charge is 2.22. The SMILES string of the molecule is CCOC(=O)c1c(C)n(-c2ccc(C)cc2)c2ccc(OC[C@@H](O)CNC[C@H]3CCCO3)cc12. The van der Waals surface area contributed by atoms with Crippen LogP contribution < -0.4 is 10.1 Å². The molecule has 2 atom stereocenters. The molecule has 0 aliphatic carbocycles. The predicted octanol–water partition coefficient (Wildman–Crippen LogP) is 3.93. The molecule has 0 unspecified atom stereocenters. The molecule has 4 rings (SSSR count). The Morgan fingerprint density at radius 2 is 2.03 bits per heavy atom. The first kappa shape index (κ1) is 24.3. The molecule has 182 valence electrons. The summed E-state index contributed by atoms with van der Waals surface area (Å²) in [6.07, 6.45) is 1.74. The Labute approximate surface area is 200 Å². The molecule has 0 spiro atoms. The zero-order chi connectivity index (χ0) is 24.1. The summed E-state index contributed by atoms with van der Waals surface area (Å²) in [6, 6.07) is 13.9. The fourth-order valence-corrected chi connectivity index (χ4v) is 4.44. The fraction of sp³-hybridized carbons (Fsp3) is 0.444. The molecule has 1 saturated heterocycles. The Bertz CT molecular complexity index is 1120. The lowest BCUT2D eigenvalue weighted by atomic mass is 10.1. The van der Waals surface area contributed by atoms with E-state index >= 15 is 0 Å². The molecular weight excluding hydrogens is 432 g/mol.